The quantitative estimate of drug-likeness (QED) is 0.777. The molecule has 1 atom stereocenters. The number of aliphatic hydroxyl groups is 1. The lowest BCUT2D eigenvalue weighted by Crippen LogP contribution is -2.57. The van der Waals surface area contributed by atoms with Gasteiger partial charge in [0.25, 0.3) is 5.72 Å². The van der Waals surface area contributed by atoms with Crippen molar-refractivity contribution in [3.63, 3.8) is 0 Å². The normalized spacial score (nSPS) is 21.6. The molecule has 0 aliphatic carbocycles. The van der Waals surface area contributed by atoms with Crippen molar-refractivity contribution in [1.82, 2.24) is 5.01 Å². The van der Waals surface area contributed by atoms with E-state index in [1.807, 2.05) is 0 Å². The molecule has 0 bridgehead atoms. The second-order valence-electron chi connectivity index (χ2n) is 5.46. The van der Waals surface area contributed by atoms with Gasteiger partial charge in [-0.2, -0.15) is 23.3 Å². The van der Waals surface area contributed by atoms with E-state index in [-0.39, 0.29) is 21.8 Å². The second-order valence-corrected chi connectivity index (χ2v) is 6.25. The molecule has 1 aliphatic heterocycles. The Bertz CT molecular complexity index is 650. The molecule has 2 N–H and O–H groups in total. The molecule has 1 aromatic carbocycles. The number of rotatable bonds is 2. The summed E-state index contributed by atoms with van der Waals surface area (Å²) in [6, 6.07) is 6.45. The van der Waals surface area contributed by atoms with Crippen LogP contribution >= 0.6 is 23.8 Å². The molecular formula is C14H15ClF3N3OS. The van der Waals surface area contributed by atoms with Crippen molar-refractivity contribution in [1.29, 1.82) is 0 Å². The zero-order valence-corrected chi connectivity index (χ0v) is 13.9. The number of hydrogen-bond acceptors (Lipinski definition) is 3. The highest BCUT2D eigenvalue weighted by molar-refractivity contribution is 7.80. The van der Waals surface area contributed by atoms with Gasteiger partial charge in [-0.1, -0.05) is 37.6 Å². The van der Waals surface area contributed by atoms with E-state index in [1.165, 1.54) is 0 Å². The highest BCUT2D eigenvalue weighted by Crippen LogP contribution is 2.41. The van der Waals surface area contributed by atoms with E-state index >= 15 is 0 Å². The molecule has 9 heteroatoms. The first-order chi connectivity index (χ1) is 10.6. The van der Waals surface area contributed by atoms with Crippen LogP contribution in [0.2, 0.25) is 5.02 Å². The first kappa shape index (κ1) is 18.0. The Morgan fingerprint density at radius 3 is 2.57 bits per heavy atom. The predicted octanol–water partition coefficient (Wildman–Crippen LogP) is 4.01. The number of para-hydroxylation sites is 1. The van der Waals surface area contributed by atoms with Gasteiger partial charge >= 0.3 is 6.18 Å². The first-order valence-electron chi connectivity index (χ1n) is 6.78. The predicted molar refractivity (Wildman–Crippen MR) is 87.4 cm³/mol. The van der Waals surface area contributed by atoms with Gasteiger partial charge in [0.1, 0.15) is 0 Å². The maximum absolute atomic E-state index is 13.3. The molecule has 1 unspecified atom stereocenters. The number of benzene rings is 1. The van der Waals surface area contributed by atoms with Crippen LogP contribution in [0.3, 0.4) is 0 Å². The van der Waals surface area contributed by atoms with Gasteiger partial charge in [0.15, 0.2) is 5.11 Å². The van der Waals surface area contributed by atoms with E-state index in [1.54, 1.807) is 38.1 Å². The summed E-state index contributed by atoms with van der Waals surface area (Å²) in [5.74, 6) is -0.253. The topological polar surface area (TPSA) is 47.9 Å². The number of hydrazone groups is 1. The average Bonchev–Trinajstić information content (AvgIpc) is 2.80. The molecule has 0 fully saturated rings. The summed E-state index contributed by atoms with van der Waals surface area (Å²) < 4.78 is 40.0. The molecule has 23 heavy (non-hydrogen) atoms. The van der Waals surface area contributed by atoms with Crippen molar-refractivity contribution < 1.29 is 18.3 Å². The van der Waals surface area contributed by atoms with Gasteiger partial charge in [-0.15, -0.1) is 0 Å². The molecule has 1 aliphatic rings. The van der Waals surface area contributed by atoms with Crippen molar-refractivity contribution in [2.75, 3.05) is 5.32 Å². The number of hydrogen-bond donors (Lipinski definition) is 2. The minimum absolute atomic E-state index is 0.216. The molecule has 0 saturated carbocycles. The van der Waals surface area contributed by atoms with E-state index in [4.69, 9.17) is 23.8 Å². The van der Waals surface area contributed by atoms with Crippen LogP contribution in [0.15, 0.2) is 29.4 Å². The van der Waals surface area contributed by atoms with Crippen LogP contribution in [0.1, 0.15) is 20.3 Å². The van der Waals surface area contributed by atoms with Crippen LogP contribution in [0, 0.1) is 5.92 Å². The Morgan fingerprint density at radius 1 is 1.43 bits per heavy atom. The lowest BCUT2D eigenvalue weighted by molar-refractivity contribution is -0.294. The molecule has 0 radical (unpaired) electrons. The zero-order valence-electron chi connectivity index (χ0n) is 12.4. The van der Waals surface area contributed by atoms with Gasteiger partial charge in [0.2, 0.25) is 0 Å². The Kier molecular flexibility index (Phi) is 4.89. The van der Waals surface area contributed by atoms with E-state index < -0.39 is 18.3 Å². The summed E-state index contributed by atoms with van der Waals surface area (Å²) in [5.41, 5.74) is -2.62. The molecule has 0 amide bonds. The van der Waals surface area contributed by atoms with Crippen LogP contribution in [-0.2, 0) is 0 Å². The van der Waals surface area contributed by atoms with E-state index in [2.05, 4.69) is 10.4 Å². The summed E-state index contributed by atoms with van der Waals surface area (Å²) in [6.45, 7) is 3.40. The van der Waals surface area contributed by atoms with E-state index in [0.29, 0.717) is 10.7 Å². The third kappa shape index (κ3) is 3.44. The lowest BCUT2D eigenvalue weighted by Gasteiger charge is -2.34. The van der Waals surface area contributed by atoms with Gasteiger partial charge in [0, 0.05) is 12.1 Å². The molecule has 126 valence electrons. The minimum Gasteiger partial charge on any atom is -0.362 e. The first-order valence-corrected chi connectivity index (χ1v) is 7.57. The van der Waals surface area contributed by atoms with Crippen molar-refractivity contribution in [3.05, 3.63) is 29.3 Å². The number of thiocarbonyl (C=S) groups is 1. The van der Waals surface area contributed by atoms with Gasteiger partial charge in [-0.05, 0) is 30.3 Å². The van der Waals surface area contributed by atoms with Crippen LogP contribution < -0.4 is 5.32 Å². The van der Waals surface area contributed by atoms with Crippen LogP contribution in [0.5, 0.6) is 0 Å². The van der Waals surface area contributed by atoms with Crippen molar-refractivity contribution in [2.24, 2.45) is 11.0 Å². The van der Waals surface area contributed by atoms with Gasteiger partial charge < -0.3 is 10.4 Å². The molecule has 1 heterocycles. The summed E-state index contributed by atoms with van der Waals surface area (Å²) in [5, 5.41) is 16.9. The maximum Gasteiger partial charge on any atom is 0.438 e. The Balaban J connectivity index is 2.33. The minimum atomic E-state index is -4.92. The Hall–Kier alpha value is -1.38. The largest absolute Gasteiger partial charge is 0.438 e. The number of anilines is 1. The average molecular weight is 366 g/mol. The lowest BCUT2D eigenvalue weighted by atomic mass is 9.99. The maximum atomic E-state index is 13.3. The van der Waals surface area contributed by atoms with Crippen molar-refractivity contribution in [2.45, 2.75) is 32.2 Å². The highest BCUT2D eigenvalue weighted by Gasteiger charge is 2.62. The van der Waals surface area contributed by atoms with Crippen LogP contribution in [0.4, 0.5) is 18.9 Å². The molecule has 0 spiro atoms. The number of halogens is 4. The summed E-state index contributed by atoms with van der Waals surface area (Å²) in [7, 11) is 0. The molecular weight excluding hydrogens is 351 g/mol. The second kappa shape index (κ2) is 6.26. The summed E-state index contributed by atoms with van der Waals surface area (Å²) >= 11 is 11.0. The Morgan fingerprint density at radius 2 is 2.04 bits per heavy atom. The molecule has 0 aromatic heterocycles. The van der Waals surface area contributed by atoms with Crippen LogP contribution in [-0.4, -0.2) is 32.8 Å². The SMILES string of the molecule is CC(C)C1=NN(C(=S)Nc2ccccc2Cl)C(O)(C(F)(F)F)C1. The molecule has 4 nitrogen and oxygen atoms in total. The number of nitrogens with zero attached hydrogens (tertiary/aromatic N) is 2. The third-order valence-electron chi connectivity index (χ3n) is 3.43. The standard InChI is InChI=1S/C14H15ClF3N3OS/c1-8(2)11-7-13(22,14(16,17)18)21(20-11)12(23)19-10-6-4-3-5-9(10)15/h3-6,8,22H,7H2,1-2H3,(H,19,23). The fourth-order valence-corrected chi connectivity index (χ4v) is 2.54. The van der Waals surface area contributed by atoms with Gasteiger partial charge in [-0.25, -0.2) is 0 Å². The fourth-order valence-electron chi connectivity index (χ4n) is 2.06. The summed E-state index contributed by atoms with van der Waals surface area (Å²) in [6.07, 6.45) is -5.57. The smallest absolute Gasteiger partial charge is 0.362 e. The number of nitrogens with one attached hydrogen (secondary N) is 1. The van der Waals surface area contributed by atoms with Crippen molar-refractivity contribution in [3.8, 4) is 0 Å². The third-order valence-corrected chi connectivity index (χ3v) is 4.04. The van der Waals surface area contributed by atoms with Gasteiger partial charge in [-0.3, -0.25) is 0 Å². The van der Waals surface area contributed by atoms with E-state index in [9.17, 15) is 18.3 Å². The number of alkyl halides is 3. The van der Waals surface area contributed by atoms with Gasteiger partial charge in [0.05, 0.1) is 10.7 Å². The summed E-state index contributed by atoms with van der Waals surface area (Å²) in [4.78, 5) is 0. The molecule has 2 rings (SSSR count). The monoisotopic (exact) mass is 365 g/mol. The van der Waals surface area contributed by atoms with E-state index in [0.717, 1.165) is 0 Å². The fraction of sp³-hybridized carbons (Fsp3) is 0.429. The zero-order chi connectivity index (χ0) is 17.4. The molecule has 0 saturated heterocycles. The highest BCUT2D eigenvalue weighted by atomic mass is 35.5. The molecule has 1 aromatic rings. The Labute approximate surface area is 141 Å². The van der Waals surface area contributed by atoms with Crippen LogP contribution in [0.25, 0.3) is 0 Å². The van der Waals surface area contributed by atoms with Crippen molar-refractivity contribution >= 4 is 40.3 Å².